The zero-order valence-electron chi connectivity index (χ0n) is 9.83. The van der Waals surface area contributed by atoms with Crippen LogP contribution in [0, 0.1) is 0 Å². The predicted octanol–water partition coefficient (Wildman–Crippen LogP) is 6.00. The topological polar surface area (TPSA) is 0 Å². The minimum atomic E-state index is 1.33. The summed E-state index contributed by atoms with van der Waals surface area (Å²) in [7, 11) is 0. The lowest BCUT2D eigenvalue weighted by Gasteiger charge is -1.89. The molecule has 0 rings (SSSR count). The van der Waals surface area contributed by atoms with Gasteiger partial charge in [-0.3, -0.25) is 0 Å². The summed E-state index contributed by atoms with van der Waals surface area (Å²) >= 11 is 4.85. The number of alkyl halides is 2. The maximum absolute atomic E-state index is 2.43. The molecule has 0 fully saturated rings. The Morgan fingerprint density at radius 3 is 1.14 bits per heavy atom. The smallest absolute Gasteiger partial charge is 0.000473 e. The summed E-state index contributed by atoms with van der Waals surface area (Å²) in [5, 5.41) is 0. The number of hydrogen-bond acceptors (Lipinski definition) is 0. The van der Waals surface area contributed by atoms with Crippen molar-refractivity contribution in [2.45, 2.75) is 65.2 Å². The van der Waals surface area contributed by atoms with E-state index in [4.69, 9.17) is 0 Å². The van der Waals surface area contributed by atoms with Gasteiger partial charge in [0.15, 0.2) is 0 Å². The van der Waals surface area contributed by atoms with Gasteiger partial charge in [-0.05, 0) is 21.7 Å². The lowest BCUT2D eigenvalue weighted by atomic mass is 10.2. The molecule has 0 bridgehead atoms. The van der Waals surface area contributed by atoms with E-state index in [0.717, 1.165) is 0 Å². The van der Waals surface area contributed by atoms with Gasteiger partial charge in [0, 0.05) is 0 Å². The van der Waals surface area contributed by atoms with E-state index in [9.17, 15) is 0 Å². The Morgan fingerprint density at radius 2 is 0.929 bits per heavy atom. The van der Waals surface area contributed by atoms with E-state index in [2.05, 4.69) is 59.0 Å². The Bertz CT molecular complexity index is 56.7. The van der Waals surface area contributed by atoms with Crippen LogP contribution in [-0.2, 0) is 0 Å². The van der Waals surface area contributed by atoms with Gasteiger partial charge < -0.3 is 0 Å². The minimum absolute atomic E-state index is 1.33. The molecule has 0 saturated carbocycles. The van der Waals surface area contributed by atoms with Gasteiger partial charge in [0.05, 0.1) is 0 Å². The molecular formula is C12H26I2. The van der Waals surface area contributed by atoms with Crippen LogP contribution in [0.4, 0.5) is 0 Å². The second-order valence-corrected chi connectivity index (χ2v) is 5.66. The van der Waals surface area contributed by atoms with Crippen molar-refractivity contribution in [2.75, 3.05) is 8.86 Å². The van der Waals surface area contributed by atoms with Gasteiger partial charge >= 0.3 is 0 Å². The fourth-order valence-electron chi connectivity index (χ4n) is 1.04. The number of rotatable bonds is 8. The number of halogens is 2. The zero-order valence-corrected chi connectivity index (χ0v) is 14.1. The van der Waals surface area contributed by atoms with Crippen molar-refractivity contribution in [3.63, 3.8) is 0 Å². The Morgan fingerprint density at radius 1 is 0.571 bits per heavy atom. The van der Waals surface area contributed by atoms with Crippen LogP contribution in [0.2, 0.25) is 0 Å². The van der Waals surface area contributed by atoms with Crippen LogP contribution in [0.5, 0.6) is 0 Å². The fourth-order valence-corrected chi connectivity index (χ4v) is 2.12. The van der Waals surface area contributed by atoms with E-state index in [0.29, 0.717) is 0 Å². The highest BCUT2D eigenvalue weighted by molar-refractivity contribution is 14.1. The molecule has 0 aliphatic carbocycles. The van der Waals surface area contributed by atoms with Gasteiger partial charge in [-0.25, -0.2) is 0 Å². The largest absolute Gasteiger partial charge is 0.0864 e. The van der Waals surface area contributed by atoms with Gasteiger partial charge in [0.2, 0.25) is 0 Å². The van der Waals surface area contributed by atoms with Crippen LogP contribution >= 0.6 is 45.2 Å². The number of unbranched alkanes of at least 4 members (excludes halogenated alkanes) is 6. The summed E-state index contributed by atoms with van der Waals surface area (Å²) in [6, 6.07) is 0. The first-order chi connectivity index (χ1) is 6.83. The van der Waals surface area contributed by atoms with E-state index in [-0.39, 0.29) is 0 Å². The highest BCUT2D eigenvalue weighted by Crippen LogP contribution is 2.00. The molecule has 0 atom stereocenters. The van der Waals surface area contributed by atoms with E-state index in [1.54, 1.807) is 0 Å². The molecule has 0 unspecified atom stereocenters. The van der Waals surface area contributed by atoms with Crippen LogP contribution in [-0.4, -0.2) is 8.86 Å². The molecule has 0 nitrogen and oxygen atoms in total. The molecule has 0 spiro atoms. The Balaban J connectivity index is 0. The Labute approximate surface area is 118 Å². The molecule has 0 saturated heterocycles. The monoisotopic (exact) mass is 424 g/mol. The van der Waals surface area contributed by atoms with Crippen molar-refractivity contribution >= 4 is 45.2 Å². The minimum Gasteiger partial charge on any atom is -0.0864 e. The highest BCUT2D eigenvalue weighted by atomic mass is 127. The summed E-state index contributed by atoms with van der Waals surface area (Å²) in [5.74, 6) is 0. The molecule has 88 valence electrons. The molecule has 0 aliphatic heterocycles. The standard InChI is InChI=1S/2C6H13I/c2*1-2-3-4-5-6-7/h2*2-6H2,1H3. The van der Waals surface area contributed by atoms with E-state index in [1.807, 2.05) is 0 Å². The fraction of sp³-hybridized carbons (Fsp3) is 1.00. The van der Waals surface area contributed by atoms with Gasteiger partial charge in [0.1, 0.15) is 0 Å². The normalized spacial score (nSPS) is 9.43. The third-order valence-corrected chi connectivity index (χ3v) is 3.50. The predicted molar refractivity (Wildman–Crippen MR) is 86.1 cm³/mol. The molecule has 0 aromatic heterocycles. The summed E-state index contributed by atoms with van der Waals surface area (Å²) in [6.45, 7) is 4.49. The van der Waals surface area contributed by atoms with Crippen molar-refractivity contribution < 1.29 is 0 Å². The van der Waals surface area contributed by atoms with Crippen LogP contribution in [0.3, 0.4) is 0 Å². The van der Waals surface area contributed by atoms with Gasteiger partial charge in [-0.15, -0.1) is 0 Å². The molecular weight excluding hydrogens is 398 g/mol. The molecule has 0 N–H and O–H groups in total. The maximum atomic E-state index is 2.43. The van der Waals surface area contributed by atoms with Crippen LogP contribution in [0.25, 0.3) is 0 Å². The Kier molecular flexibility index (Phi) is 25.4. The summed E-state index contributed by atoms with van der Waals surface area (Å²) in [6.07, 6.45) is 11.2. The van der Waals surface area contributed by atoms with Crippen LogP contribution in [0.15, 0.2) is 0 Å². The first kappa shape index (κ1) is 17.8. The second kappa shape index (κ2) is 19.9. The average molecular weight is 424 g/mol. The van der Waals surface area contributed by atoms with Crippen molar-refractivity contribution in [1.29, 1.82) is 0 Å². The highest BCUT2D eigenvalue weighted by Gasteiger charge is 1.81. The average Bonchev–Trinajstić information content (AvgIpc) is 2.21. The molecule has 0 aromatic rings. The first-order valence-electron chi connectivity index (χ1n) is 5.95. The third-order valence-electron chi connectivity index (χ3n) is 1.97. The summed E-state index contributed by atoms with van der Waals surface area (Å²) < 4.78 is 2.66. The van der Waals surface area contributed by atoms with E-state index < -0.39 is 0 Å². The van der Waals surface area contributed by atoms with Gasteiger partial charge in [0.25, 0.3) is 0 Å². The number of hydrogen-bond donors (Lipinski definition) is 0. The molecule has 0 aromatic carbocycles. The lowest BCUT2D eigenvalue weighted by molar-refractivity contribution is 0.710. The molecule has 0 radical (unpaired) electrons. The SMILES string of the molecule is CCCCCCI.CCCCCCI. The first-order valence-corrected chi connectivity index (χ1v) is 9.00. The van der Waals surface area contributed by atoms with Crippen molar-refractivity contribution in [3.05, 3.63) is 0 Å². The van der Waals surface area contributed by atoms with E-state index >= 15 is 0 Å². The lowest BCUT2D eigenvalue weighted by Crippen LogP contribution is -1.73. The molecule has 0 heterocycles. The third kappa shape index (κ3) is 23.4. The molecule has 0 aliphatic rings. The van der Waals surface area contributed by atoms with Crippen molar-refractivity contribution in [2.24, 2.45) is 0 Å². The summed E-state index contributed by atoms with van der Waals surface area (Å²) in [4.78, 5) is 0. The van der Waals surface area contributed by atoms with Crippen molar-refractivity contribution in [3.8, 4) is 0 Å². The van der Waals surface area contributed by atoms with Crippen molar-refractivity contribution in [1.82, 2.24) is 0 Å². The zero-order chi connectivity index (χ0) is 11.1. The van der Waals surface area contributed by atoms with Gasteiger partial charge in [-0.2, -0.15) is 0 Å². The quantitative estimate of drug-likeness (QED) is 0.255. The molecule has 14 heavy (non-hydrogen) atoms. The second-order valence-electron chi connectivity index (χ2n) is 3.50. The Hall–Kier alpha value is 1.46. The summed E-state index contributed by atoms with van der Waals surface area (Å²) in [5.41, 5.74) is 0. The van der Waals surface area contributed by atoms with E-state index in [1.165, 1.54) is 60.2 Å². The molecule has 2 heteroatoms. The van der Waals surface area contributed by atoms with Crippen LogP contribution < -0.4 is 0 Å². The molecule has 0 amide bonds. The van der Waals surface area contributed by atoms with Gasteiger partial charge in [-0.1, -0.05) is 97.6 Å². The van der Waals surface area contributed by atoms with Crippen LogP contribution in [0.1, 0.15) is 65.2 Å². The maximum Gasteiger partial charge on any atom is -0.000473 e.